The van der Waals surface area contributed by atoms with Gasteiger partial charge in [-0.05, 0) is 107 Å². The molecule has 276 valence electrons. The van der Waals surface area contributed by atoms with Crippen LogP contribution in [0, 0.1) is 0 Å². The van der Waals surface area contributed by atoms with E-state index in [1.165, 1.54) is 21.7 Å². The molecule has 0 bridgehead atoms. The summed E-state index contributed by atoms with van der Waals surface area (Å²) in [6, 6.07) is 59.4. The van der Waals surface area contributed by atoms with Crippen molar-refractivity contribution in [3.8, 4) is 34.3 Å². The zero-order chi connectivity index (χ0) is 38.5. The molecule has 7 aromatic carbocycles. The molecule has 58 heavy (non-hydrogen) atoms. The second kappa shape index (κ2) is 12.2. The molecule has 9 nitrogen and oxygen atoms in total. The molecule has 0 spiro atoms. The number of ether oxygens (including phenoxy) is 1. The van der Waals surface area contributed by atoms with Crippen LogP contribution >= 0.6 is 0 Å². The van der Waals surface area contributed by atoms with Crippen LogP contribution in [0.15, 0.2) is 170 Å². The zero-order valence-corrected chi connectivity index (χ0v) is 32.7. The van der Waals surface area contributed by atoms with Gasteiger partial charge in [0.05, 0.1) is 22.4 Å². The third-order valence-electron chi connectivity index (χ3n) is 11.7. The van der Waals surface area contributed by atoms with Crippen molar-refractivity contribution in [3.63, 3.8) is 0 Å². The molecule has 10 aromatic rings. The third kappa shape index (κ3) is 4.63. The third-order valence-corrected chi connectivity index (χ3v) is 15.3. The maximum Gasteiger partial charge on any atom is 0.207 e. The van der Waals surface area contributed by atoms with Crippen LogP contribution in [0.3, 0.4) is 0 Å². The Hall–Kier alpha value is -7.56. The predicted octanol–water partition coefficient (Wildman–Crippen LogP) is 10.4. The van der Waals surface area contributed by atoms with Crippen LogP contribution in [-0.2, 0) is 0 Å². The largest absolute Gasteiger partial charge is 0.453 e. The maximum atomic E-state index is 6.25. The number of anilines is 6. The Bertz CT molecular complexity index is 3170. The van der Waals surface area contributed by atoms with Gasteiger partial charge in [-0.25, -0.2) is 0 Å². The van der Waals surface area contributed by atoms with E-state index in [4.69, 9.17) is 25.1 Å². The van der Waals surface area contributed by atoms with Crippen LogP contribution < -0.4 is 24.9 Å². The molecule has 2 aliphatic rings. The summed E-state index contributed by atoms with van der Waals surface area (Å²) < 4.78 is 10.4. The van der Waals surface area contributed by atoms with E-state index in [0.717, 1.165) is 68.1 Å². The van der Waals surface area contributed by atoms with Gasteiger partial charge in [-0.2, -0.15) is 0 Å². The van der Waals surface area contributed by atoms with Gasteiger partial charge >= 0.3 is 0 Å². The summed E-state index contributed by atoms with van der Waals surface area (Å²) >= 11 is 0. The summed E-state index contributed by atoms with van der Waals surface area (Å²) in [6.07, 6.45) is 0. The minimum absolute atomic E-state index is 0.637. The molecule has 0 amide bonds. The summed E-state index contributed by atoms with van der Waals surface area (Å²) in [5.74, 6) is 3.10. The topological polar surface area (TPSA) is 76.1 Å². The molecule has 2 aliphatic heterocycles. The predicted molar refractivity (Wildman–Crippen MR) is 234 cm³/mol. The molecule has 0 saturated heterocycles. The quantitative estimate of drug-likeness (QED) is 0.165. The van der Waals surface area contributed by atoms with Crippen molar-refractivity contribution >= 4 is 74.9 Å². The highest BCUT2D eigenvalue weighted by Crippen LogP contribution is 2.50. The lowest BCUT2D eigenvalue weighted by Gasteiger charge is -2.41. The van der Waals surface area contributed by atoms with E-state index in [-0.39, 0.29) is 0 Å². The fraction of sp³-hybridized carbons (Fsp3) is 0.0417. The number of hydrogen-bond donors (Lipinski definition) is 0. The molecule has 0 fully saturated rings. The van der Waals surface area contributed by atoms with E-state index in [2.05, 4.69) is 153 Å². The Morgan fingerprint density at radius 2 is 0.776 bits per heavy atom. The number of para-hydroxylation sites is 8. The number of aromatic nitrogens is 6. The van der Waals surface area contributed by atoms with Gasteiger partial charge in [0.15, 0.2) is 23.1 Å². The Morgan fingerprint density at radius 1 is 0.397 bits per heavy atom. The highest BCUT2D eigenvalue weighted by Gasteiger charge is 2.38. The molecule has 12 rings (SSSR count). The molecular weight excluding hydrogens is 733 g/mol. The Labute approximate surface area is 334 Å². The molecule has 0 saturated carbocycles. The van der Waals surface area contributed by atoms with Crippen molar-refractivity contribution in [2.24, 2.45) is 0 Å². The molecule has 3 aromatic heterocycles. The first-order valence-corrected chi connectivity index (χ1v) is 22.4. The first-order chi connectivity index (χ1) is 28.5. The number of benzene rings is 7. The highest BCUT2D eigenvalue weighted by atomic mass is 28.3. The lowest BCUT2D eigenvalue weighted by atomic mass is 10.1. The lowest BCUT2D eigenvalue weighted by Crippen LogP contribution is -2.58. The van der Waals surface area contributed by atoms with Gasteiger partial charge < -0.3 is 14.5 Å². The number of rotatable bonds is 4. The minimum atomic E-state index is -1.88. The Balaban J connectivity index is 0.947. The van der Waals surface area contributed by atoms with E-state index in [0.29, 0.717) is 11.3 Å². The van der Waals surface area contributed by atoms with E-state index >= 15 is 0 Å². The molecule has 0 N–H and O–H groups in total. The molecule has 0 unspecified atom stereocenters. The summed E-state index contributed by atoms with van der Waals surface area (Å²) in [7, 11) is -1.88. The van der Waals surface area contributed by atoms with Crippen molar-refractivity contribution < 1.29 is 4.74 Å². The van der Waals surface area contributed by atoms with Crippen LogP contribution in [0.1, 0.15) is 0 Å². The van der Waals surface area contributed by atoms with Crippen molar-refractivity contribution in [2.75, 3.05) is 9.80 Å². The summed E-state index contributed by atoms with van der Waals surface area (Å²) in [5, 5.41) is 21.9. The van der Waals surface area contributed by atoms with Gasteiger partial charge in [0.1, 0.15) is 8.07 Å². The van der Waals surface area contributed by atoms with Crippen molar-refractivity contribution in [3.05, 3.63) is 170 Å². The van der Waals surface area contributed by atoms with Crippen LogP contribution in [0.2, 0.25) is 13.1 Å². The second-order valence-corrected chi connectivity index (χ2v) is 19.6. The standard InChI is InChI=1S/C48H34N8OSi/c1-58(2)43-21-11-7-17-39(43)54(40-18-8-12-22-44(40)58)34-29-25-32(26-30-34)46-50-52-48-47-51-49-45(55(47)35-13-3-4-14-36(35)56(46)48)31-23-27-33(28-24-31)53-37-15-5-9-19-41(37)57-42-20-10-6-16-38(42)53/h3-30H,1-2H3. The van der Waals surface area contributed by atoms with Gasteiger partial charge in [-0.3, -0.25) is 8.80 Å². The molecule has 0 radical (unpaired) electrons. The average Bonchev–Trinajstić information content (AvgIpc) is 3.93. The SMILES string of the molecule is C[Si]1(C)c2ccccc2N(c2ccc(-c3nnc4c5nnc(-c6ccc(N7c8ccccc8Oc8ccccc87)cc6)n5c5ccccc5n34)cc2)c2ccccc21. The van der Waals surface area contributed by atoms with E-state index < -0.39 is 8.07 Å². The normalized spacial score (nSPS) is 13.9. The van der Waals surface area contributed by atoms with Crippen molar-refractivity contribution in [2.45, 2.75) is 13.1 Å². The fourth-order valence-corrected chi connectivity index (χ4v) is 12.0. The van der Waals surface area contributed by atoms with Crippen molar-refractivity contribution in [1.29, 1.82) is 0 Å². The van der Waals surface area contributed by atoms with Crippen LogP contribution in [0.4, 0.5) is 34.1 Å². The second-order valence-electron chi connectivity index (χ2n) is 15.3. The summed E-state index contributed by atoms with van der Waals surface area (Å²) in [4.78, 5) is 4.63. The molecule has 10 heteroatoms. The van der Waals surface area contributed by atoms with E-state index in [1.54, 1.807) is 0 Å². The highest BCUT2D eigenvalue weighted by molar-refractivity contribution is 7.02. The smallest absolute Gasteiger partial charge is 0.207 e. The number of fused-ring (bicyclic) bond motifs is 10. The average molecular weight is 767 g/mol. The maximum absolute atomic E-state index is 6.25. The van der Waals surface area contributed by atoms with E-state index in [1.807, 2.05) is 48.5 Å². The van der Waals surface area contributed by atoms with E-state index in [9.17, 15) is 0 Å². The summed E-state index contributed by atoms with van der Waals surface area (Å²) in [5.41, 5.74) is 11.7. The van der Waals surface area contributed by atoms with Gasteiger partial charge in [0, 0.05) is 33.9 Å². The molecule has 0 atom stereocenters. The first-order valence-electron chi connectivity index (χ1n) is 19.4. The Kier molecular flexibility index (Phi) is 6.88. The van der Waals surface area contributed by atoms with Crippen LogP contribution in [-0.4, -0.2) is 37.3 Å². The number of nitrogens with zero attached hydrogens (tertiary/aromatic N) is 8. The first kappa shape index (κ1) is 32.7. The molecule has 0 aliphatic carbocycles. The van der Waals surface area contributed by atoms with Gasteiger partial charge in [-0.1, -0.05) is 85.9 Å². The van der Waals surface area contributed by atoms with Gasteiger partial charge in [-0.15, -0.1) is 20.4 Å². The molecule has 5 heterocycles. The Morgan fingerprint density at radius 3 is 1.24 bits per heavy atom. The lowest BCUT2D eigenvalue weighted by molar-refractivity contribution is 0.477. The van der Waals surface area contributed by atoms with Gasteiger partial charge in [0.25, 0.3) is 0 Å². The number of hydrogen-bond acceptors (Lipinski definition) is 7. The summed E-state index contributed by atoms with van der Waals surface area (Å²) in [6.45, 7) is 4.89. The minimum Gasteiger partial charge on any atom is -0.453 e. The van der Waals surface area contributed by atoms with Crippen LogP contribution in [0.5, 0.6) is 11.5 Å². The zero-order valence-electron chi connectivity index (χ0n) is 31.7. The molecular formula is C48H34N8OSi. The fourth-order valence-electron chi connectivity index (χ4n) is 8.98. The van der Waals surface area contributed by atoms with Crippen molar-refractivity contribution in [1.82, 2.24) is 29.2 Å². The monoisotopic (exact) mass is 766 g/mol. The van der Waals surface area contributed by atoms with Crippen LogP contribution in [0.25, 0.3) is 45.1 Å². The van der Waals surface area contributed by atoms with Gasteiger partial charge in [0.2, 0.25) is 11.3 Å².